The van der Waals surface area contributed by atoms with Crippen molar-refractivity contribution in [2.24, 2.45) is 0 Å². The minimum Gasteiger partial charge on any atom is -0.489 e. The summed E-state index contributed by atoms with van der Waals surface area (Å²) in [6.07, 6.45) is 0.602. The average Bonchev–Trinajstić information content (AvgIpc) is 3.22. The van der Waals surface area contributed by atoms with E-state index in [1.54, 1.807) is 13.8 Å². The Morgan fingerprint density at radius 2 is 1.69 bits per heavy atom. The zero-order chi connectivity index (χ0) is 28.5. The summed E-state index contributed by atoms with van der Waals surface area (Å²) in [5.41, 5.74) is 0.361. The van der Waals surface area contributed by atoms with Gasteiger partial charge in [0.2, 0.25) is 10.0 Å². The third-order valence-electron chi connectivity index (χ3n) is 5.56. The molecule has 0 atom stereocenters. The van der Waals surface area contributed by atoms with Gasteiger partial charge in [-0.05, 0) is 56.3 Å². The van der Waals surface area contributed by atoms with Crippen LogP contribution in [0.15, 0.2) is 59.0 Å². The predicted octanol–water partition coefficient (Wildman–Crippen LogP) is 5.41. The van der Waals surface area contributed by atoms with E-state index in [4.69, 9.17) is 13.9 Å². The molecule has 4 aromatic rings. The molecule has 0 aliphatic carbocycles. The summed E-state index contributed by atoms with van der Waals surface area (Å²) in [4.78, 5) is 12.3. The van der Waals surface area contributed by atoms with Gasteiger partial charge in [-0.3, -0.25) is 4.31 Å². The highest BCUT2D eigenvalue weighted by Crippen LogP contribution is 2.41. The van der Waals surface area contributed by atoms with Crippen molar-refractivity contribution >= 4 is 32.6 Å². The highest BCUT2D eigenvalue weighted by Gasteiger charge is 2.28. The van der Waals surface area contributed by atoms with Crippen LogP contribution in [0.4, 0.5) is 14.5 Å². The molecule has 0 fully saturated rings. The second-order valence-corrected chi connectivity index (χ2v) is 10.8. The first-order chi connectivity index (χ1) is 18.4. The van der Waals surface area contributed by atoms with Crippen molar-refractivity contribution in [1.29, 1.82) is 0 Å². The number of halogens is 2. The smallest absolute Gasteiger partial charge is 0.340 e. The second-order valence-electron chi connectivity index (χ2n) is 8.86. The maximum Gasteiger partial charge on any atom is 0.340 e. The van der Waals surface area contributed by atoms with Crippen LogP contribution >= 0.6 is 0 Å². The summed E-state index contributed by atoms with van der Waals surface area (Å²) in [6, 6.07) is 11.9. The Hall–Kier alpha value is -4.16. The van der Waals surface area contributed by atoms with Gasteiger partial charge < -0.3 is 24.1 Å². The molecule has 0 saturated heterocycles. The Morgan fingerprint density at radius 1 is 1.03 bits per heavy atom. The molecule has 0 amide bonds. The standard InChI is InChI=1S/C27H25F2NO8S/c1-15(2)36-24-13-19-23(14-22(24)30(10-11-31)39(3,34)35)38-26(25(19)27(32)33)16-4-6-17(7-5-16)37-18-8-9-20(28)21(29)12-18/h4-9,12-15,31H,10-11H2,1-3H3,(H,32,33). The first-order valence-electron chi connectivity index (χ1n) is 11.7. The Balaban J connectivity index is 1.81. The molecule has 12 heteroatoms. The van der Waals surface area contributed by atoms with Gasteiger partial charge >= 0.3 is 5.97 Å². The van der Waals surface area contributed by atoms with Crippen LogP contribution in [0.5, 0.6) is 17.2 Å². The number of rotatable bonds is 10. The number of hydrogen-bond acceptors (Lipinski definition) is 7. The number of sulfonamides is 1. The number of nitrogens with zero attached hydrogens (tertiary/aromatic N) is 1. The summed E-state index contributed by atoms with van der Waals surface area (Å²) in [7, 11) is -3.84. The van der Waals surface area contributed by atoms with Crippen LogP contribution in [0, 0.1) is 11.6 Å². The lowest BCUT2D eigenvalue weighted by molar-refractivity contribution is 0.0699. The predicted molar refractivity (Wildman–Crippen MR) is 140 cm³/mol. The number of aliphatic hydroxyl groups is 1. The lowest BCUT2D eigenvalue weighted by atomic mass is 10.0. The molecule has 4 rings (SSSR count). The topological polar surface area (TPSA) is 127 Å². The number of ether oxygens (including phenoxy) is 2. The fourth-order valence-electron chi connectivity index (χ4n) is 3.98. The van der Waals surface area contributed by atoms with Crippen LogP contribution < -0.4 is 13.8 Å². The van der Waals surface area contributed by atoms with Crippen LogP contribution in [-0.4, -0.2) is 50.1 Å². The van der Waals surface area contributed by atoms with E-state index in [2.05, 4.69) is 0 Å². The summed E-state index contributed by atoms with van der Waals surface area (Å²) in [6.45, 7) is 2.74. The third-order valence-corrected chi connectivity index (χ3v) is 6.74. The van der Waals surface area contributed by atoms with Gasteiger partial charge in [0.15, 0.2) is 11.6 Å². The van der Waals surface area contributed by atoms with Crippen molar-refractivity contribution in [3.8, 4) is 28.6 Å². The van der Waals surface area contributed by atoms with E-state index in [1.807, 2.05) is 0 Å². The highest BCUT2D eigenvalue weighted by molar-refractivity contribution is 7.92. The SMILES string of the molecule is CC(C)Oc1cc2c(C(=O)O)c(-c3ccc(Oc4ccc(F)c(F)c4)cc3)oc2cc1N(CCO)S(C)(=O)=O. The molecule has 206 valence electrons. The minimum absolute atomic E-state index is 0.00223. The number of hydrogen-bond donors (Lipinski definition) is 2. The van der Waals surface area contributed by atoms with Crippen LogP contribution in [0.2, 0.25) is 0 Å². The van der Waals surface area contributed by atoms with Gasteiger partial charge in [0.05, 0.1) is 31.2 Å². The summed E-state index contributed by atoms with van der Waals surface area (Å²) in [5, 5.41) is 19.7. The summed E-state index contributed by atoms with van der Waals surface area (Å²) < 4.78 is 69.9. The molecule has 9 nitrogen and oxygen atoms in total. The molecule has 0 unspecified atom stereocenters. The maximum absolute atomic E-state index is 13.5. The number of fused-ring (bicyclic) bond motifs is 1. The number of aromatic carboxylic acids is 1. The molecule has 1 heterocycles. The normalized spacial score (nSPS) is 11.7. The van der Waals surface area contributed by atoms with Crippen LogP contribution in [0.25, 0.3) is 22.3 Å². The molecular formula is C27H25F2NO8S. The first-order valence-corrected chi connectivity index (χ1v) is 13.6. The van der Waals surface area contributed by atoms with Gasteiger partial charge in [0, 0.05) is 23.1 Å². The van der Waals surface area contributed by atoms with Gasteiger partial charge in [0.25, 0.3) is 0 Å². The molecule has 0 aliphatic heterocycles. The van der Waals surface area contributed by atoms with Crippen molar-refractivity contribution < 1.29 is 46.1 Å². The van der Waals surface area contributed by atoms with E-state index in [9.17, 15) is 32.2 Å². The third kappa shape index (κ3) is 5.96. The average molecular weight is 562 g/mol. The van der Waals surface area contributed by atoms with Crippen molar-refractivity contribution in [1.82, 2.24) is 0 Å². The number of furan rings is 1. The highest BCUT2D eigenvalue weighted by atomic mass is 32.2. The van der Waals surface area contributed by atoms with Crippen molar-refractivity contribution in [3.05, 3.63) is 71.8 Å². The van der Waals surface area contributed by atoms with Gasteiger partial charge in [0.1, 0.15) is 34.2 Å². The molecule has 0 saturated carbocycles. The molecule has 0 aliphatic rings. The molecule has 3 aromatic carbocycles. The summed E-state index contributed by atoms with van der Waals surface area (Å²) in [5.74, 6) is -2.92. The Kier molecular flexibility index (Phi) is 7.79. The maximum atomic E-state index is 13.5. The van der Waals surface area contributed by atoms with Crippen LogP contribution in [0.1, 0.15) is 24.2 Å². The quantitative estimate of drug-likeness (QED) is 0.263. The van der Waals surface area contributed by atoms with E-state index >= 15 is 0 Å². The van der Waals surface area contributed by atoms with Gasteiger partial charge in [-0.25, -0.2) is 22.0 Å². The molecular weight excluding hydrogens is 536 g/mol. The Bertz CT molecular complexity index is 1630. The number of benzene rings is 3. The van der Waals surface area contributed by atoms with Crippen molar-refractivity contribution in [2.75, 3.05) is 23.7 Å². The lowest BCUT2D eigenvalue weighted by Crippen LogP contribution is -2.33. The van der Waals surface area contributed by atoms with Gasteiger partial charge in [-0.2, -0.15) is 0 Å². The van der Waals surface area contributed by atoms with Crippen LogP contribution in [0.3, 0.4) is 0 Å². The first kappa shape index (κ1) is 27.9. The largest absolute Gasteiger partial charge is 0.489 e. The fourth-order valence-corrected chi connectivity index (χ4v) is 4.89. The zero-order valence-electron chi connectivity index (χ0n) is 21.1. The minimum atomic E-state index is -3.84. The van der Waals surface area contributed by atoms with Gasteiger partial charge in [-0.15, -0.1) is 0 Å². The molecule has 1 aromatic heterocycles. The van der Waals surface area contributed by atoms with E-state index in [1.165, 1.54) is 42.5 Å². The van der Waals surface area contributed by atoms with Crippen molar-refractivity contribution in [3.63, 3.8) is 0 Å². The molecule has 2 N–H and O–H groups in total. The Labute approximate surface area is 222 Å². The van der Waals surface area contributed by atoms with E-state index in [0.29, 0.717) is 5.56 Å². The van der Waals surface area contributed by atoms with E-state index < -0.39 is 34.2 Å². The molecule has 0 bridgehead atoms. The van der Waals surface area contributed by atoms with E-state index in [0.717, 1.165) is 22.7 Å². The monoisotopic (exact) mass is 561 g/mol. The molecule has 39 heavy (non-hydrogen) atoms. The number of carboxylic acid groups (broad SMARTS) is 1. The molecule has 0 radical (unpaired) electrons. The number of carboxylic acids is 1. The number of carbonyl (C=O) groups is 1. The van der Waals surface area contributed by atoms with Crippen LogP contribution in [-0.2, 0) is 10.0 Å². The zero-order valence-corrected chi connectivity index (χ0v) is 22.0. The number of anilines is 1. The van der Waals surface area contributed by atoms with Gasteiger partial charge in [-0.1, -0.05) is 0 Å². The number of aliphatic hydroxyl groups excluding tert-OH is 1. The van der Waals surface area contributed by atoms with E-state index in [-0.39, 0.29) is 57.9 Å². The summed E-state index contributed by atoms with van der Waals surface area (Å²) >= 11 is 0. The fraction of sp³-hybridized carbons (Fsp3) is 0.222. The lowest BCUT2D eigenvalue weighted by Gasteiger charge is -2.24. The molecule has 0 spiro atoms. The van der Waals surface area contributed by atoms with Crippen molar-refractivity contribution in [2.45, 2.75) is 20.0 Å². The Morgan fingerprint density at radius 3 is 2.26 bits per heavy atom. The second kappa shape index (κ2) is 10.9.